The number of para-hydroxylation sites is 1. The zero-order chi connectivity index (χ0) is 17.5. The van der Waals surface area contributed by atoms with E-state index in [0.29, 0.717) is 11.6 Å². The average Bonchev–Trinajstić information content (AvgIpc) is 2.92. The maximum absolute atomic E-state index is 12.1. The van der Waals surface area contributed by atoms with Gasteiger partial charge in [-0.1, -0.05) is 36.9 Å². The van der Waals surface area contributed by atoms with Gasteiger partial charge in [0, 0.05) is 17.4 Å². The van der Waals surface area contributed by atoms with Crippen LogP contribution in [0, 0.1) is 13.8 Å². The molecule has 1 amide bonds. The smallest absolute Gasteiger partial charge is 0.248 e. The van der Waals surface area contributed by atoms with Crippen molar-refractivity contribution in [2.75, 3.05) is 16.4 Å². The second kappa shape index (κ2) is 6.52. The van der Waals surface area contributed by atoms with Crippen LogP contribution in [0.15, 0.2) is 23.2 Å². The van der Waals surface area contributed by atoms with Gasteiger partial charge >= 0.3 is 0 Å². The number of aliphatic imine (C=N–C) groups is 1. The SMILES string of the molecule is CCCC(=O)N=C1S[C@H]2CS(=O)(=O)C[C@@H]2N1c1c(C)cccc1C. The molecule has 2 aliphatic rings. The third-order valence-electron chi connectivity index (χ3n) is 4.43. The summed E-state index contributed by atoms with van der Waals surface area (Å²) in [5, 5.41) is 0.595. The van der Waals surface area contributed by atoms with Crippen molar-refractivity contribution in [2.24, 2.45) is 4.99 Å². The van der Waals surface area contributed by atoms with Crippen LogP contribution in [0.2, 0.25) is 0 Å². The van der Waals surface area contributed by atoms with Crippen molar-refractivity contribution in [2.45, 2.75) is 44.9 Å². The van der Waals surface area contributed by atoms with Gasteiger partial charge in [0.2, 0.25) is 5.91 Å². The highest BCUT2D eigenvalue weighted by Gasteiger charge is 2.49. The number of rotatable bonds is 3. The summed E-state index contributed by atoms with van der Waals surface area (Å²) in [6.45, 7) is 5.97. The van der Waals surface area contributed by atoms with Crippen LogP contribution in [0.4, 0.5) is 5.69 Å². The van der Waals surface area contributed by atoms with Crippen molar-refractivity contribution >= 4 is 38.4 Å². The molecule has 0 spiro atoms. The molecular formula is C17H22N2O3S2. The van der Waals surface area contributed by atoms with Crippen molar-refractivity contribution in [3.63, 3.8) is 0 Å². The van der Waals surface area contributed by atoms with Gasteiger partial charge in [0.25, 0.3) is 0 Å². The van der Waals surface area contributed by atoms with Crippen LogP contribution < -0.4 is 4.90 Å². The zero-order valence-corrected chi connectivity index (χ0v) is 15.8. The molecule has 7 heteroatoms. The third-order valence-corrected chi connectivity index (χ3v) is 7.64. The number of fused-ring (bicyclic) bond motifs is 1. The molecule has 1 aromatic rings. The summed E-state index contributed by atoms with van der Waals surface area (Å²) in [4.78, 5) is 18.4. The van der Waals surface area contributed by atoms with Gasteiger partial charge in [-0.15, -0.1) is 0 Å². The minimum atomic E-state index is -3.04. The van der Waals surface area contributed by atoms with Gasteiger partial charge in [0.1, 0.15) is 0 Å². The summed E-state index contributed by atoms with van der Waals surface area (Å²) in [6, 6.07) is 5.86. The number of carbonyl (C=O) groups is 1. The van der Waals surface area contributed by atoms with E-state index in [1.54, 1.807) is 0 Å². The Morgan fingerprint density at radius 2 is 1.96 bits per heavy atom. The summed E-state index contributed by atoms with van der Waals surface area (Å²) < 4.78 is 24.2. The number of nitrogens with zero attached hydrogens (tertiary/aromatic N) is 2. The molecule has 2 saturated heterocycles. The standard InChI is InChI=1S/C17H22N2O3S2/c1-4-6-15(20)18-17-19(16-11(2)7-5-8-12(16)3)13-9-24(21,22)10-14(13)23-17/h5,7-8,13-14H,4,6,9-10H2,1-3H3/t13-,14-/m0/s1. The van der Waals surface area contributed by atoms with Crippen molar-refractivity contribution in [3.8, 4) is 0 Å². The highest BCUT2D eigenvalue weighted by atomic mass is 32.2. The number of carbonyl (C=O) groups excluding carboxylic acids is 1. The van der Waals surface area contributed by atoms with Gasteiger partial charge < -0.3 is 4.90 Å². The number of anilines is 1. The molecule has 2 aliphatic heterocycles. The normalized spacial score (nSPS) is 26.8. The summed E-state index contributed by atoms with van der Waals surface area (Å²) >= 11 is 1.43. The van der Waals surface area contributed by atoms with Gasteiger partial charge in [-0.25, -0.2) is 8.42 Å². The largest absolute Gasteiger partial charge is 0.315 e. The Labute approximate surface area is 147 Å². The van der Waals surface area contributed by atoms with Crippen molar-refractivity contribution in [1.82, 2.24) is 0 Å². The Balaban J connectivity index is 2.07. The van der Waals surface area contributed by atoms with E-state index in [9.17, 15) is 13.2 Å². The van der Waals surface area contributed by atoms with Crippen LogP contribution in [-0.4, -0.2) is 42.3 Å². The molecule has 0 unspecified atom stereocenters. The number of amidine groups is 1. The number of hydrogen-bond acceptors (Lipinski definition) is 4. The van der Waals surface area contributed by atoms with E-state index in [4.69, 9.17) is 0 Å². The lowest BCUT2D eigenvalue weighted by atomic mass is 10.1. The molecule has 0 aromatic heterocycles. The lowest BCUT2D eigenvalue weighted by molar-refractivity contribution is -0.117. The molecule has 0 N–H and O–H groups in total. The molecule has 0 bridgehead atoms. The zero-order valence-electron chi connectivity index (χ0n) is 14.2. The fourth-order valence-electron chi connectivity index (χ4n) is 3.39. The van der Waals surface area contributed by atoms with Crippen LogP contribution in [0.25, 0.3) is 0 Å². The van der Waals surface area contributed by atoms with E-state index in [-0.39, 0.29) is 28.7 Å². The molecule has 3 rings (SSSR count). The Morgan fingerprint density at radius 3 is 2.58 bits per heavy atom. The molecule has 0 aliphatic carbocycles. The first kappa shape index (κ1) is 17.5. The minimum Gasteiger partial charge on any atom is -0.315 e. The maximum atomic E-state index is 12.1. The Bertz CT molecular complexity index is 782. The van der Waals surface area contributed by atoms with E-state index < -0.39 is 9.84 Å². The molecule has 130 valence electrons. The number of benzene rings is 1. The molecule has 2 heterocycles. The van der Waals surface area contributed by atoms with Crippen LogP contribution in [0.1, 0.15) is 30.9 Å². The number of aryl methyl sites for hydroxylation is 2. The van der Waals surface area contributed by atoms with Crippen molar-refractivity contribution < 1.29 is 13.2 Å². The van der Waals surface area contributed by atoms with Crippen LogP contribution in [0.5, 0.6) is 0 Å². The van der Waals surface area contributed by atoms with Gasteiger partial charge in [-0.3, -0.25) is 4.79 Å². The first-order valence-electron chi connectivity index (χ1n) is 8.16. The summed E-state index contributed by atoms with van der Waals surface area (Å²) in [6.07, 6.45) is 1.17. The van der Waals surface area contributed by atoms with Crippen LogP contribution >= 0.6 is 11.8 Å². The van der Waals surface area contributed by atoms with Gasteiger partial charge in [-0.05, 0) is 31.4 Å². The topological polar surface area (TPSA) is 66.8 Å². The fourth-order valence-corrected chi connectivity index (χ4v) is 7.31. The minimum absolute atomic E-state index is 0.0535. The highest BCUT2D eigenvalue weighted by molar-refractivity contribution is 8.16. The summed E-state index contributed by atoms with van der Waals surface area (Å²) in [5.41, 5.74) is 3.12. The first-order valence-corrected chi connectivity index (χ1v) is 10.9. The second-order valence-corrected chi connectivity index (χ2v) is 9.81. The monoisotopic (exact) mass is 366 g/mol. The van der Waals surface area contributed by atoms with E-state index in [0.717, 1.165) is 23.2 Å². The Kier molecular flexibility index (Phi) is 4.75. The van der Waals surface area contributed by atoms with E-state index in [1.807, 2.05) is 43.9 Å². The van der Waals surface area contributed by atoms with Gasteiger partial charge in [0.05, 0.1) is 17.5 Å². The van der Waals surface area contributed by atoms with E-state index in [2.05, 4.69) is 4.99 Å². The highest BCUT2D eigenvalue weighted by Crippen LogP contribution is 2.43. The van der Waals surface area contributed by atoms with Gasteiger partial charge in [-0.2, -0.15) is 4.99 Å². The third kappa shape index (κ3) is 3.24. The maximum Gasteiger partial charge on any atom is 0.248 e. The molecule has 24 heavy (non-hydrogen) atoms. The Hall–Kier alpha value is -1.34. The molecule has 5 nitrogen and oxygen atoms in total. The fraction of sp³-hybridized carbons (Fsp3) is 0.529. The molecule has 2 atom stereocenters. The molecule has 0 radical (unpaired) electrons. The average molecular weight is 367 g/mol. The molecule has 1 aromatic carbocycles. The first-order chi connectivity index (χ1) is 11.3. The lowest BCUT2D eigenvalue weighted by Crippen LogP contribution is -2.38. The van der Waals surface area contributed by atoms with Crippen molar-refractivity contribution in [1.29, 1.82) is 0 Å². The van der Waals surface area contributed by atoms with E-state index in [1.165, 1.54) is 11.8 Å². The van der Waals surface area contributed by atoms with Crippen LogP contribution in [-0.2, 0) is 14.6 Å². The quantitative estimate of drug-likeness (QED) is 0.823. The Morgan fingerprint density at radius 1 is 1.29 bits per heavy atom. The number of sulfone groups is 1. The second-order valence-electron chi connectivity index (χ2n) is 6.45. The summed E-state index contributed by atoms with van der Waals surface area (Å²) in [7, 11) is -3.04. The van der Waals surface area contributed by atoms with Crippen molar-refractivity contribution in [3.05, 3.63) is 29.3 Å². The number of hydrogen-bond donors (Lipinski definition) is 0. The molecule has 0 saturated carbocycles. The molecular weight excluding hydrogens is 344 g/mol. The predicted molar refractivity (Wildman–Crippen MR) is 99.6 cm³/mol. The number of thioether (sulfide) groups is 1. The van der Waals surface area contributed by atoms with Gasteiger partial charge in [0.15, 0.2) is 15.0 Å². The van der Waals surface area contributed by atoms with E-state index >= 15 is 0 Å². The number of amides is 1. The lowest BCUT2D eigenvalue weighted by Gasteiger charge is -2.27. The predicted octanol–water partition coefficient (Wildman–Crippen LogP) is 2.70. The summed E-state index contributed by atoms with van der Waals surface area (Å²) in [5.74, 6) is 0.142. The van der Waals surface area contributed by atoms with Crippen LogP contribution in [0.3, 0.4) is 0 Å². The molecule has 2 fully saturated rings.